The van der Waals surface area contributed by atoms with Crippen LogP contribution in [0.25, 0.3) is 0 Å². The molecule has 0 aliphatic carbocycles. The maximum absolute atomic E-state index is 10.8. The summed E-state index contributed by atoms with van der Waals surface area (Å²) >= 11 is 7.40. The van der Waals surface area contributed by atoms with Crippen LogP contribution in [0.3, 0.4) is 0 Å². The minimum absolute atomic E-state index is 0.259. The molecule has 1 heterocycles. The summed E-state index contributed by atoms with van der Waals surface area (Å²) in [6.45, 7) is 3.73. The zero-order valence-electron chi connectivity index (χ0n) is 7.84. The molecule has 0 radical (unpaired) electrons. The van der Waals surface area contributed by atoms with Gasteiger partial charge < -0.3 is 4.79 Å². The summed E-state index contributed by atoms with van der Waals surface area (Å²) in [7, 11) is 0. The lowest BCUT2D eigenvalue weighted by atomic mass is 10.0. The smallest absolute Gasteiger partial charge is 0.130 e. The van der Waals surface area contributed by atoms with E-state index < -0.39 is 0 Å². The van der Waals surface area contributed by atoms with Gasteiger partial charge in [-0.25, -0.2) is 0 Å². The number of carbonyl (C=O) groups excluding carboxylic acids is 1. The summed E-state index contributed by atoms with van der Waals surface area (Å²) in [4.78, 5) is 12.1. The van der Waals surface area contributed by atoms with Crippen molar-refractivity contribution < 1.29 is 4.79 Å². The molecular weight excluding hydrogens is 204 g/mol. The molecule has 13 heavy (non-hydrogen) atoms. The lowest BCUT2D eigenvalue weighted by Gasteiger charge is -2.06. The van der Waals surface area contributed by atoms with Crippen LogP contribution in [0.5, 0.6) is 0 Å². The molecule has 0 saturated carbocycles. The number of Topliss-reactive ketones (excluding diaryl/α,β-unsaturated/α-hetero) is 1. The average Bonchev–Trinajstić information content (AvgIpc) is 2.33. The van der Waals surface area contributed by atoms with Gasteiger partial charge in [0.25, 0.3) is 0 Å². The Labute approximate surface area is 87.7 Å². The van der Waals surface area contributed by atoms with Gasteiger partial charge in [-0.1, -0.05) is 18.5 Å². The molecule has 0 bridgehead atoms. The number of halogens is 1. The zero-order chi connectivity index (χ0) is 9.84. The summed E-state index contributed by atoms with van der Waals surface area (Å²) in [5.74, 6) is 0.683. The van der Waals surface area contributed by atoms with Crippen LogP contribution in [0.2, 0.25) is 4.34 Å². The van der Waals surface area contributed by atoms with Crippen molar-refractivity contribution in [2.75, 3.05) is 0 Å². The van der Waals surface area contributed by atoms with Gasteiger partial charge in [-0.3, -0.25) is 0 Å². The average molecular weight is 217 g/mol. The van der Waals surface area contributed by atoms with Crippen molar-refractivity contribution in [2.24, 2.45) is 5.92 Å². The monoisotopic (exact) mass is 216 g/mol. The molecule has 0 fully saturated rings. The number of carbonyl (C=O) groups is 1. The Morgan fingerprint density at radius 1 is 1.62 bits per heavy atom. The van der Waals surface area contributed by atoms with E-state index in [1.165, 1.54) is 4.88 Å². The van der Waals surface area contributed by atoms with Gasteiger partial charge in [0, 0.05) is 11.3 Å². The van der Waals surface area contributed by atoms with Gasteiger partial charge in [0.05, 0.1) is 4.34 Å². The van der Waals surface area contributed by atoms with Gasteiger partial charge in [0.1, 0.15) is 5.78 Å². The highest BCUT2D eigenvalue weighted by atomic mass is 35.5. The number of thiophene rings is 1. The van der Waals surface area contributed by atoms with Crippen LogP contribution in [0.1, 0.15) is 25.1 Å². The second kappa shape index (κ2) is 4.77. The third-order valence-corrected chi connectivity index (χ3v) is 3.07. The lowest BCUT2D eigenvalue weighted by molar-refractivity contribution is -0.117. The van der Waals surface area contributed by atoms with E-state index in [0.717, 1.165) is 10.8 Å². The van der Waals surface area contributed by atoms with E-state index in [2.05, 4.69) is 6.92 Å². The first kappa shape index (κ1) is 10.7. The molecule has 0 aromatic carbocycles. The minimum atomic E-state index is 0.259. The summed E-state index contributed by atoms with van der Waals surface area (Å²) in [6, 6.07) is 3.94. The van der Waals surface area contributed by atoms with Gasteiger partial charge in [0.15, 0.2) is 0 Å². The van der Waals surface area contributed by atoms with E-state index >= 15 is 0 Å². The molecule has 0 spiro atoms. The van der Waals surface area contributed by atoms with Crippen molar-refractivity contribution in [1.82, 2.24) is 0 Å². The Morgan fingerprint density at radius 3 is 2.77 bits per heavy atom. The van der Waals surface area contributed by atoms with Crippen LogP contribution < -0.4 is 0 Å². The fourth-order valence-corrected chi connectivity index (χ4v) is 2.62. The molecule has 3 heteroatoms. The van der Waals surface area contributed by atoms with Gasteiger partial charge >= 0.3 is 0 Å². The highest BCUT2D eigenvalue weighted by Crippen LogP contribution is 2.24. The van der Waals surface area contributed by atoms with Gasteiger partial charge in [-0.2, -0.15) is 0 Å². The Balaban J connectivity index is 2.44. The SMILES string of the molecule is CC(=O)CC(C)Cc1ccc(Cl)s1. The first-order chi connectivity index (χ1) is 6.08. The summed E-state index contributed by atoms with van der Waals surface area (Å²) in [5, 5.41) is 0. The number of hydrogen-bond acceptors (Lipinski definition) is 2. The summed E-state index contributed by atoms with van der Waals surface area (Å²) in [6.07, 6.45) is 1.62. The van der Waals surface area contributed by atoms with Crippen LogP contribution in [-0.2, 0) is 11.2 Å². The van der Waals surface area contributed by atoms with E-state index in [9.17, 15) is 4.79 Å². The molecule has 0 saturated heterocycles. The maximum Gasteiger partial charge on any atom is 0.130 e. The summed E-state index contributed by atoms with van der Waals surface area (Å²) < 4.78 is 0.824. The Hall–Kier alpha value is -0.340. The van der Waals surface area contributed by atoms with Crippen molar-refractivity contribution in [2.45, 2.75) is 26.7 Å². The highest BCUT2D eigenvalue weighted by Gasteiger charge is 2.07. The molecule has 1 rings (SSSR count). The largest absolute Gasteiger partial charge is 0.300 e. The first-order valence-electron chi connectivity index (χ1n) is 4.31. The molecule has 1 unspecified atom stereocenters. The molecule has 0 aliphatic rings. The second-order valence-corrected chi connectivity index (χ2v) is 5.22. The Bertz CT molecular complexity index is 293. The standard InChI is InChI=1S/C10H13ClOS/c1-7(5-8(2)12)6-9-3-4-10(11)13-9/h3-4,7H,5-6H2,1-2H3. The van der Waals surface area contributed by atoms with E-state index in [0.29, 0.717) is 12.3 Å². The first-order valence-corrected chi connectivity index (χ1v) is 5.51. The molecular formula is C10H13ClOS. The predicted octanol–water partition coefficient (Wildman–Crippen LogP) is 3.56. The predicted molar refractivity (Wildman–Crippen MR) is 57.5 cm³/mol. The highest BCUT2D eigenvalue weighted by molar-refractivity contribution is 7.16. The molecule has 1 nitrogen and oxygen atoms in total. The normalized spacial score (nSPS) is 12.8. The fourth-order valence-electron chi connectivity index (χ4n) is 1.37. The topological polar surface area (TPSA) is 17.1 Å². The van der Waals surface area contributed by atoms with E-state index in [4.69, 9.17) is 11.6 Å². The van der Waals surface area contributed by atoms with Crippen LogP contribution >= 0.6 is 22.9 Å². The van der Waals surface area contributed by atoms with Crippen molar-refractivity contribution in [3.63, 3.8) is 0 Å². The van der Waals surface area contributed by atoms with Crippen molar-refractivity contribution in [3.05, 3.63) is 21.3 Å². The molecule has 1 atom stereocenters. The van der Waals surface area contributed by atoms with Crippen molar-refractivity contribution in [1.29, 1.82) is 0 Å². The van der Waals surface area contributed by atoms with Crippen LogP contribution in [0.15, 0.2) is 12.1 Å². The van der Waals surface area contributed by atoms with Crippen LogP contribution in [0.4, 0.5) is 0 Å². The molecule has 1 aromatic rings. The molecule has 0 amide bonds. The van der Waals surface area contributed by atoms with Crippen LogP contribution in [0, 0.1) is 5.92 Å². The zero-order valence-corrected chi connectivity index (χ0v) is 9.41. The Morgan fingerprint density at radius 2 is 2.31 bits per heavy atom. The number of hydrogen-bond donors (Lipinski definition) is 0. The number of rotatable bonds is 4. The second-order valence-electron chi connectivity index (χ2n) is 3.42. The van der Waals surface area contributed by atoms with Gasteiger partial charge in [-0.15, -0.1) is 11.3 Å². The third kappa shape index (κ3) is 3.92. The van der Waals surface area contributed by atoms with E-state index in [1.807, 2.05) is 12.1 Å². The van der Waals surface area contributed by atoms with Gasteiger partial charge in [-0.05, 0) is 31.4 Å². The van der Waals surface area contributed by atoms with E-state index in [-0.39, 0.29) is 5.78 Å². The third-order valence-electron chi connectivity index (χ3n) is 1.81. The van der Waals surface area contributed by atoms with Crippen molar-refractivity contribution in [3.8, 4) is 0 Å². The maximum atomic E-state index is 10.8. The van der Waals surface area contributed by atoms with E-state index in [1.54, 1.807) is 18.3 Å². The Kier molecular flexibility index (Phi) is 3.94. The lowest BCUT2D eigenvalue weighted by Crippen LogP contribution is -2.03. The number of ketones is 1. The summed E-state index contributed by atoms with van der Waals surface area (Å²) in [5.41, 5.74) is 0. The molecule has 0 N–H and O–H groups in total. The molecule has 1 aromatic heterocycles. The quantitative estimate of drug-likeness (QED) is 0.752. The van der Waals surface area contributed by atoms with Crippen molar-refractivity contribution >= 4 is 28.7 Å². The molecule has 0 aliphatic heterocycles. The van der Waals surface area contributed by atoms with Gasteiger partial charge in [0.2, 0.25) is 0 Å². The minimum Gasteiger partial charge on any atom is -0.300 e. The van der Waals surface area contributed by atoms with Crippen LogP contribution in [-0.4, -0.2) is 5.78 Å². The fraction of sp³-hybridized carbons (Fsp3) is 0.500. The molecule has 72 valence electrons.